The molecule has 2 atom stereocenters. The number of imide groups is 1. The van der Waals surface area contributed by atoms with Crippen LogP contribution in [0, 0.1) is 0 Å². The van der Waals surface area contributed by atoms with Crippen molar-refractivity contribution in [1.82, 2.24) is 9.80 Å². The Hall–Kier alpha value is -1.08. The Kier molecular flexibility index (Phi) is 2.47. The van der Waals surface area contributed by atoms with Crippen molar-refractivity contribution < 1.29 is 19.5 Å². The van der Waals surface area contributed by atoms with Crippen LogP contribution in [-0.2, 0) is 14.4 Å². The van der Waals surface area contributed by atoms with Crippen molar-refractivity contribution in [2.45, 2.75) is 17.4 Å². The van der Waals surface area contributed by atoms with Gasteiger partial charge in [-0.15, -0.1) is 11.8 Å². The van der Waals surface area contributed by atoms with Gasteiger partial charge in [0.15, 0.2) is 4.87 Å². The quantitative estimate of drug-likeness (QED) is 0.455. The number of aliphatic hydroxyl groups excluding tert-OH is 1. The summed E-state index contributed by atoms with van der Waals surface area (Å²) in [5, 5.41) is 9.89. The number of hydrogen-bond acceptors (Lipinski definition) is 5. The number of carbonyl (C=O) groups is 3. The number of fused-ring (bicyclic) bond motifs is 1. The highest BCUT2D eigenvalue weighted by molar-refractivity contribution is 8.00. The number of nitrogens with zero attached hydrogens (tertiary/aromatic N) is 2. The first kappa shape index (κ1) is 11.4. The van der Waals surface area contributed by atoms with E-state index >= 15 is 0 Å². The van der Waals surface area contributed by atoms with Crippen LogP contribution in [0.25, 0.3) is 0 Å². The summed E-state index contributed by atoms with van der Waals surface area (Å²) in [5.41, 5.74) is 0. The lowest BCUT2D eigenvalue weighted by atomic mass is 10.1. The molecule has 0 spiro atoms. The molecule has 16 heavy (non-hydrogen) atoms. The Bertz CT molecular complexity index is 386. The fourth-order valence-electron chi connectivity index (χ4n) is 2.23. The highest BCUT2D eigenvalue weighted by atomic mass is 32.2. The lowest BCUT2D eigenvalue weighted by Crippen LogP contribution is -2.68. The predicted octanol–water partition coefficient (Wildman–Crippen LogP) is -1.36. The molecular weight excluding hydrogens is 232 g/mol. The summed E-state index contributed by atoms with van der Waals surface area (Å²) in [6.45, 7) is 0.242. The third-order valence-electron chi connectivity index (χ3n) is 3.13. The molecular formula is C9H12N2O4S. The lowest BCUT2D eigenvalue weighted by Gasteiger charge is -2.42. The molecule has 3 amide bonds. The third kappa shape index (κ3) is 1.10. The van der Waals surface area contributed by atoms with Crippen LogP contribution in [-0.4, -0.2) is 63.5 Å². The maximum absolute atomic E-state index is 12.1. The zero-order chi connectivity index (χ0) is 12.1. The molecule has 88 valence electrons. The van der Waals surface area contributed by atoms with Gasteiger partial charge in [0.05, 0.1) is 6.10 Å². The third-order valence-corrected chi connectivity index (χ3v) is 4.42. The summed E-state index contributed by atoms with van der Waals surface area (Å²) in [7, 11) is 1.27. The summed E-state index contributed by atoms with van der Waals surface area (Å²) in [4.78, 5) is 35.9. The Morgan fingerprint density at radius 1 is 1.38 bits per heavy atom. The number of hydrogen-bond donors (Lipinski definition) is 1. The Morgan fingerprint density at radius 2 is 2.00 bits per heavy atom. The van der Waals surface area contributed by atoms with Crippen LogP contribution in [0.4, 0.5) is 0 Å². The van der Waals surface area contributed by atoms with Crippen LogP contribution in [0.2, 0.25) is 0 Å². The molecule has 2 fully saturated rings. The van der Waals surface area contributed by atoms with Crippen molar-refractivity contribution in [1.29, 1.82) is 0 Å². The van der Waals surface area contributed by atoms with E-state index in [4.69, 9.17) is 0 Å². The summed E-state index contributed by atoms with van der Waals surface area (Å²) in [6, 6.07) is 0. The monoisotopic (exact) mass is 244 g/mol. The Labute approximate surface area is 96.6 Å². The van der Waals surface area contributed by atoms with Crippen LogP contribution in [0.3, 0.4) is 0 Å². The minimum Gasteiger partial charge on any atom is -0.389 e. The van der Waals surface area contributed by atoms with Gasteiger partial charge in [-0.1, -0.05) is 0 Å². The molecule has 0 aromatic heterocycles. The highest BCUT2D eigenvalue weighted by Gasteiger charge is 2.62. The Balaban J connectivity index is 2.53. The lowest BCUT2D eigenvalue weighted by molar-refractivity contribution is -0.168. The number of rotatable bonds is 1. The number of amides is 3. The molecule has 0 aromatic carbocycles. The van der Waals surface area contributed by atoms with Gasteiger partial charge in [-0.3, -0.25) is 19.3 Å². The van der Waals surface area contributed by atoms with Crippen molar-refractivity contribution >= 4 is 29.5 Å². The van der Waals surface area contributed by atoms with E-state index in [0.29, 0.717) is 6.42 Å². The topological polar surface area (TPSA) is 77.9 Å². The van der Waals surface area contributed by atoms with Crippen molar-refractivity contribution in [3.8, 4) is 0 Å². The van der Waals surface area contributed by atoms with Crippen LogP contribution >= 0.6 is 11.8 Å². The average Bonchev–Trinajstić information content (AvgIpc) is 2.62. The van der Waals surface area contributed by atoms with Crippen LogP contribution in [0.5, 0.6) is 0 Å². The van der Waals surface area contributed by atoms with Gasteiger partial charge in [-0.2, -0.15) is 0 Å². The van der Waals surface area contributed by atoms with Crippen LogP contribution in [0.15, 0.2) is 0 Å². The number of piperazine rings is 1. The molecule has 2 saturated heterocycles. The van der Waals surface area contributed by atoms with Gasteiger partial charge in [-0.25, -0.2) is 0 Å². The van der Waals surface area contributed by atoms with E-state index in [0.717, 1.165) is 16.7 Å². The molecule has 0 bridgehead atoms. The molecule has 0 saturated carbocycles. The first-order valence-corrected chi connectivity index (χ1v) is 6.06. The molecule has 0 aliphatic carbocycles. The number of likely N-dealkylation sites (N-methyl/N-ethyl adjacent to an activating group) is 1. The smallest absolute Gasteiger partial charge is 0.318 e. The standard InChI is InChI=1S/C9H12N2O4S/c1-10-6(13)7(14)11-4-3-5(12)9(11,16-2)8(10)15/h5,12H,3-4H2,1-2H3/t5-,9+/m0/s1. The minimum atomic E-state index is -1.31. The van der Waals surface area contributed by atoms with Gasteiger partial charge in [0, 0.05) is 13.6 Å². The molecule has 0 unspecified atom stereocenters. The normalized spacial score (nSPS) is 34.7. The average molecular weight is 244 g/mol. The van der Waals surface area contributed by atoms with E-state index in [2.05, 4.69) is 0 Å². The molecule has 0 aromatic rings. The van der Waals surface area contributed by atoms with Gasteiger partial charge in [0.25, 0.3) is 5.91 Å². The van der Waals surface area contributed by atoms with Gasteiger partial charge in [0.2, 0.25) is 0 Å². The second kappa shape index (κ2) is 3.46. The first-order chi connectivity index (χ1) is 7.46. The zero-order valence-corrected chi connectivity index (χ0v) is 9.78. The Morgan fingerprint density at radius 3 is 2.56 bits per heavy atom. The molecule has 2 heterocycles. The second-order valence-corrected chi connectivity index (χ2v) is 4.86. The number of aliphatic hydroxyl groups is 1. The molecule has 7 heteroatoms. The molecule has 2 aliphatic heterocycles. The van der Waals surface area contributed by atoms with Gasteiger partial charge < -0.3 is 10.0 Å². The summed E-state index contributed by atoms with van der Waals surface area (Å²) in [6.07, 6.45) is 1.05. The molecule has 0 radical (unpaired) electrons. The van der Waals surface area contributed by atoms with Crippen molar-refractivity contribution in [3.05, 3.63) is 0 Å². The van der Waals surface area contributed by atoms with Crippen molar-refractivity contribution in [2.75, 3.05) is 19.8 Å². The van der Waals surface area contributed by atoms with E-state index < -0.39 is 28.7 Å². The summed E-state index contributed by atoms with van der Waals surface area (Å²) >= 11 is 1.10. The van der Waals surface area contributed by atoms with Gasteiger partial charge in [0.1, 0.15) is 0 Å². The predicted molar refractivity (Wildman–Crippen MR) is 56.4 cm³/mol. The number of carbonyl (C=O) groups excluding carboxylic acids is 3. The van der Waals surface area contributed by atoms with Crippen LogP contribution < -0.4 is 0 Å². The highest BCUT2D eigenvalue weighted by Crippen LogP contribution is 2.42. The molecule has 2 rings (SSSR count). The zero-order valence-electron chi connectivity index (χ0n) is 8.97. The van der Waals surface area contributed by atoms with Crippen molar-refractivity contribution in [3.63, 3.8) is 0 Å². The molecule has 2 aliphatic rings. The van der Waals surface area contributed by atoms with Crippen LogP contribution in [0.1, 0.15) is 6.42 Å². The minimum absolute atomic E-state index is 0.242. The molecule has 1 N–H and O–H groups in total. The molecule has 6 nitrogen and oxygen atoms in total. The maximum Gasteiger partial charge on any atom is 0.318 e. The van der Waals surface area contributed by atoms with E-state index in [1.165, 1.54) is 11.9 Å². The fourth-order valence-corrected chi connectivity index (χ4v) is 3.32. The van der Waals surface area contributed by atoms with E-state index in [1.54, 1.807) is 6.26 Å². The van der Waals surface area contributed by atoms with E-state index in [9.17, 15) is 19.5 Å². The first-order valence-electron chi connectivity index (χ1n) is 4.84. The second-order valence-electron chi connectivity index (χ2n) is 3.83. The largest absolute Gasteiger partial charge is 0.389 e. The van der Waals surface area contributed by atoms with Crippen molar-refractivity contribution in [2.24, 2.45) is 0 Å². The summed E-state index contributed by atoms with van der Waals surface area (Å²) < 4.78 is 0. The fraction of sp³-hybridized carbons (Fsp3) is 0.667. The SMILES string of the molecule is CS[C@]12C(=O)N(C)C(=O)C(=O)N1CC[C@@H]2O. The summed E-state index contributed by atoms with van der Waals surface area (Å²) in [5.74, 6) is -2.06. The maximum atomic E-state index is 12.1. The van der Waals surface area contributed by atoms with E-state index in [1.807, 2.05) is 0 Å². The van der Waals surface area contributed by atoms with Gasteiger partial charge in [-0.05, 0) is 12.7 Å². The van der Waals surface area contributed by atoms with E-state index in [-0.39, 0.29) is 6.54 Å². The van der Waals surface area contributed by atoms with Gasteiger partial charge >= 0.3 is 11.8 Å². The number of thioether (sulfide) groups is 1.